The summed E-state index contributed by atoms with van der Waals surface area (Å²) in [6.45, 7) is 4.69. The molecule has 1 aliphatic heterocycles. The first-order valence-electron chi connectivity index (χ1n) is 8.36. The lowest BCUT2D eigenvalue weighted by molar-refractivity contribution is -0.0456. The van der Waals surface area contributed by atoms with Crippen molar-refractivity contribution in [2.45, 2.75) is 51.4 Å². The van der Waals surface area contributed by atoms with Crippen LogP contribution in [0, 0.1) is 0 Å². The van der Waals surface area contributed by atoms with Gasteiger partial charge in [0.2, 0.25) is 0 Å². The minimum atomic E-state index is -3.48. The van der Waals surface area contributed by atoms with E-state index in [4.69, 9.17) is 4.74 Å². The molecule has 3 atom stereocenters. The molecule has 0 spiro atoms. The lowest BCUT2D eigenvalue weighted by Crippen LogP contribution is -2.53. The van der Waals surface area contributed by atoms with Crippen LogP contribution in [0.4, 0.5) is 0 Å². The summed E-state index contributed by atoms with van der Waals surface area (Å²) >= 11 is 0. The molecule has 23 heavy (non-hydrogen) atoms. The summed E-state index contributed by atoms with van der Waals surface area (Å²) in [4.78, 5) is 0. The van der Waals surface area contributed by atoms with Crippen molar-refractivity contribution in [2.75, 3.05) is 20.1 Å². The smallest absolute Gasteiger partial charge is 0.282 e. The van der Waals surface area contributed by atoms with Gasteiger partial charge in [-0.05, 0) is 44.2 Å². The van der Waals surface area contributed by atoms with Crippen LogP contribution in [0.15, 0.2) is 24.3 Å². The number of fused-ring (bicyclic) bond motifs is 1. The van der Waals surface area contributed by atoms with E-state index in [0.29, 0.717) is 13.1 Å². The number of morpholine rings is 1. The molecule has 3 rings (SSSR count). The van der Waals surface area contributed by atoms with Gasteiger partial charge in [0.1, 0.15) is 0 Å². The Kier molecular flexibility index (Phi) is 4.78. The first-order valence-corrected chi connectivity index (χ1v) is 9.75. The van der Waals surface area contributed by atoms with Gasteiger partial charge < -0.3 is 4.74 Å². The molecule has 5 nitrogen and oxygen atoms in total. The SMILES string of the molecule is C[C@@H]1CN(S(=O)(=O)N(C)[C@@H]2CCCc3ccccc32)C[C@H](C)O1. The molecule has 128 valence electrons. The van der Waals surface area contributed by atoms with Gasteiger partial charge in [0.15, 0.2) is 0 Å². The van der Waals surface area contributed by atoms with Gasteiger partial charge in [-0.1, -0.05) is 24.3 Å². The fourth-order valence-corrected chi connectivity index (χ4v) is 5.47. The molecule has 1 heterocycles. The second-order valence-corrected chi connectivity index (χ2v) is 8.69. The molecule has 0 N–H and O–H groups in total. The van der Waals surface area contributed by atoms with Crippen LogP contribution in [0.2, 0.25) is 0 Å². The quantitative estimate of drug-likeness (QED) is 0.850. The highest BCUT2D eigenvalue weighted by molar-refractivity contribution is 7.86. The summed E-state index contributed by atoms with van der Waals surface area (Å²) in [5.74, 6) is 0. The summed E-state index contributed by atoms with van der Waals surface area (Å²) < 4.78 is 35.0. The number of rotatable bonds is 3. The second kappa shape index (κ2) is 6.51. The first-order chi connectivity index (χ1) is 10.9. The van der Waals surface area contributed by atoms with Crippen molar-refractivity contribution < 1.29 is 13.2 Å². The van der Waals surface area contributed by atoms with Gasteiger partial charge in [-0.2, -0.15) is 17.0 Å². The number of nitrogens with zero attached hydrogens (tertiary/aromatic N) is 2. The Morgan fingerprint density at radius 2 is 1.83 bits per heavy atom. The summed E-state index contributed by atoms with van der Waals surface area (Å²) in [5.41, 5.74) is 2.42. The maximum atomic E-state index is 13.1. The highest BCUT2D eigenvalue weighted by atomic mass is 32.2. The Morgan fingerprint density at radius 3 is 2.52 bits per heavy atom. The van der Waals surface area contributed by atoms with Crippen molar-refractivity contribution in [1.29, 1.82) is 0 Å². The molecule has 0 amide bonds. The van der Waals surface area contributed by atoms with Crippen LogP contribution in [0.5, 0.6) is 0 Å². The fourth-order valence-electron chi connectivity index (χ4n) is 3.77. The Hall–Kier alpha value is -0.950. The normalized spacial score (nSPS) is 29.5. The third-order valence-electron chi connectivity index (χ3n) is 4.85. The maximum absolute atomic E-state index is 13.1. The summed E-state index contributed by atoms with van der Waals surface area (Å²) in [5, 5.41) is 0. The average Bonchev–Trinajstić information content (AvgIpc) is 2.52. The van der Waals surface area contributed by atoms with E-state index in [9.17, 15) is 8.42 Å². The van der Waals surface area contributed by atoms with Crippen LogP contribution in [-0.4, -0.2) is 49.4 Å². The number of hydrogen-bond donors (Lipinski definition) is 0. The van der Waals surface area contributed by atoms with Crippen molar-refractivity contribution in [3.63, 3.8) is 0 Å². The zero-order valence-electron chi connectivity index (χ0n) is 14.1. The zero-order chi connectivity index (χ0) is 16.6. The van der Waals surface area contributed by atoms with Gasteiger partial charge in [-0.25, -0.2) is 0 Å². The Bertz CT molecular complexity index is 652. The van der Waals surface area contributed by atoms with E-state index < -0.39 is 10.2 Å². The number of ether oxygens (including phenoxy) is 1. The molecule has 0 aromatic heterocycles. The van der Waals surface area contributed by atoms with Gasteiger partial charge >= 0.3 is 0 Å². The van der Waals surface area contributed by atoms with Crippen LogP contribution in [0.1, 0.15) is 43.9 Å². The molecular weight excluding hydrogens is 312 g/mol. The van der Waals surface area contributed by atoms with E-state index in [1.165, 1.54) is 5.56 Å². The number of hydrogen-bond acceptors (Lipinski definition) is 3. The molecule has 0 radical (unpaired) electrons. The lowest BCUT2D eigenvalue weighted by Gasteiger charge is -2.39. The van der Waals surface area contributed by atoms with Crippen molar-refractivity contribution >= 4 is 10.2 Å². The monoisotopic (exact) mass is 338 g/mol. The topological polar surface area (TPSA) is 49.9 Å². The van der Waals surface area contributed by atoms with Crippen molar-refractivity contribution in [3.8, 4) is 0 Å². The largest absolute Gasteiger partial charge is 0.373 e. The third-order valence-corrected chi connectivity index (χ3v) is 6.79. The van der Waals surface area contributed by atoms with Crippen molar-refractivity contribution in [2.24, 2.45) is 0 Å². The molecule has 0 saturated carbocycles. The molecule has 0 bridgehead atoms. The lowest BCUT2D eigenvalue weighted by atomic mass is 9.88. The Labute approximate surface area is 139 Å². The average molecular weight is 338 g/mol. The van der Waals surface area contributed by atoms with Crippen LogP contribution in [0.25, 0.3) is 0 Å². The van der Waals surface area contributed by atoms with E-state index >= 15 is 0 Å². The van der Waals surface area contributed by atoms with E-state index in [1.807, 2.05) is 26.0 Å². The molecular formula is C17H26N2O3S. The van der Waals surface area contributed by atoms with Crippen LogP contribution in [-0.2, 0) is 21.4 Å². The maximum Gasteiger partial charge on any atom is 0.282 e. The summed E-state index contributed by atoms with van der Waals surface area (Å²) in [6.07, 6.45) is 2.80. The van der Waals surface area contributed by atoms with Crippen LogP contribution >= 0.6 is 0 Å². The molecule has 1 aliphatic carbocycles. The highest BCUT2D eigenvalue weighted by Crippen LogP contribution is 2.35. The third kappa shape index (κ3) is 3.31. The van der Waals surface area contributed by atoms with E-state index in [0.717, 1.165) is 24.8 Å². The Balaban J connectivity index is 1.86. The van der Waals surface area contributed by atoms with E-state index in [1.54, 1.807) is 15.7 Å². The fraction of sp³-hybridized carbons (Fsp3) is 0.647. The molecule has 1 aromatic carbocycles. The van der Waals surface area contributed by atoms with Crippen molar-refractivity contribution in [3.05, 3.63) is 35.4 Å². The predicted molar refractivity (Wildman–Crippen MR) is 90.4 cm³/mol. The van der Waals surface area contributed by atoms with Gasteiger partial charge in [0.05, 0.1) is 18.2 Å². The number of benzene rings is 1. The second-order valence-electron chi connectivity index (χ2n) is 6.71. The standard InChI is InChI=1S/C17H26N2O3S/c1-13-11-19(12-14(2)22-13)23(20,21)18(3)17-10-6-8-15-7-4-5-9-16(15)17/h4-5,7,9,13-14,17H,6,8,10-12H2,1-3H3/t13-,14+,17-/m1/s1. The molecule has 1 saturated heterocycles. The molecule has 2 aliphatic rings. The van der Waals surface area contributed by atoms with E-state index in [-0.39, 0.29) is 18.2 Å². The summed E-state index contributed by atoms with van der Waals surface area (Å²) in [6, 6.07) is 8.13. The molecule has 1 fully saturated rings. The predicted octanol–water partition coefficient (Wildman–Crippen LogP) is 2.35. The van der Waals surface area contributed by atoms with Crippen LogP contribution < -0.4 is 0 Å². The minimum absolute atomic E-state index is 0.0689. The number of aryl methyl sites for hydroxylation is 1. The minimum Gasteiger partial charge on any atom is -0.373 e. The summed E-state index contributed by atoms with van der Waals surface area (Å²) in [7, 11) is -1.77. The van der Waals surface area contributed by atoms with Gasteiger partial charge in [0, 0.05) is 20.1 Å². The molecule has 6 heteroatoms. The van der Waals surface area contributed by atoms with Gasteiger partial charge in [-0.3, -0.25) is 0 Å². The van der Waals surface area contributed by atoms with Crippen molar-refractivity contribution in [1.82, 2.24) is 8.61 Å². The Morgan fingerprint density at radius 1 is 1.17 bits per heavy atom. The van der Waals surface area contributed by atoms with Gasteiger partial charge in [0.25, 0.3) is 10.2 Å². The van der Waals surface area contributed by atoms with E-state index in [2.05, 4.69) is 12.1 Å². The highest BCUT2D eigenvalue weighted by Gasteiger charge is 2.38. The van der Waals surface area contributed by atoms with Gasteiger partial charge in [-0.15, -0.1) is 0 Å². The molecule has 0 unspecified atom stereocenters. The van der Waals surface area contributed by atoms with Crippen LogP contribution in [0.3, 0.4) is 0 Å². The zero-order valence-corrected chi connectivity index (χ0v) is 14.9. The molecule has 1 aromatic rings. The first kappa shape index (κ1) is 16.9.